The molecule has 0 N–H and O–H groups in total. The molecule has 6 rings (SSSR count). The van der Waals surface area contributed by atoms with Crippen molar-refractivity contribution in [3.8, 4) is 5.69 Å². The summed E-state index contributed by atoms with van der Waals surface area (Å²) < 4.78 is 6.75. The first-order chi connectivity index (χ1) is 21.1. The molecule has 11 heteroatoms. The molecule has 44 heavy (non-hydrogen) atoms. The molecule has 3 aromatic carbocycles. The van der Waals surface area contributed by atoms with Crippen LogP contribution < -0.4 is 9.91 Å². The van der Waals surface area contributed by atoms with Gasteiger partial charge in [-0.25, -0.2) is 14.4 Å². The summed E-state index contributed by atoms with van der Waals surface area (Å²) in [6.45, 7) is 7.23. The van der Waals surface area contributed by atoms with Gasteiger partial charge in [0.1, 0.15) is 17.7 Å². The minimum Gasteiger partial charge on any atom is -0.461 e. The summed E-state index contributed by atoms with van der Waals surface area (Å²) in [6, 6.07) is 19.9. The van der Waals surface area contributed by atoms with Crippen LogP contribution in [0, 0.1) is 26.7 Å². The minimum atomic E-state index is -1.23. The van der Waals surface area contributed by atoms with Crippen LogP contribution in [0.25, 0.3) is 5.69 Å². The Bertz CT molecular complexity index is 1850. The number of carbonyl (C=O) groups excluding carboxylic acids is 4. The number of aryl methyl sites for hydroxylation is 2. The van der Waals surface area contributed by atoms with Crippen LogP contribution in [0.4, 0.5) is 11.4 Å². The normalized spacial score (nSPS) is 17.6. The number of ether oxygens (including phenoxy) is 1. The second-order valence-corrected chi connectivity index (χ2v) is 11.1. The summed E-state index contributed by atoms with van der Waals surface area (Å²) in [7, 11) is 0. The van der Waals surface area contributed by atoms with Gasteiger partial charge in [-0.05, 0) is 76.2 Å². The number of aromatic nitrogens is 2. The lowest BCUT2D eigenvalue weighted by Crippen LogP contribution is -2.39. The molecule has 1 saturated heterocycles. The molecule has 2 amide bonds. The van der Waals surface area contributed by atoms with Crippen LogP contribution in [0.3, 0.4) is 0 Å². The first-order valence-corrected chi connectivity index (χ1v) is 14.4. The Labute approximate surface area is 258 Å². The van der Waals surface area contributed by atoms with Gasteiger partial charge in [0.15, 0.2) is 5.69 Å². The van der Waals surface area contributed by atoms with Crippen LogP contribution in [0.15, 0.2) is 77.9 Å². The fourth-order valence-electron chi connectivity index (χ4n) is 5.54. The number of anilines is 2. The van der Waals surface area contributed by atoms with Crippen molar-refractivity contribution < 1.29 is 23.9 Å². The molecule has 0 saturated carbocycles. The summed E-state index contributed by atoms with van der Waals surface area (Å²) in [5.41, 5.74) is 3.41. The first kappa shape index (κ1) is 29.0. The molecule has 0 unspecified atom stereocenters. The number of hydrogen-bond donors (Lipinski definition) is 0. The van der Waals surface area contributed by atoms with Crippen LogP contribution >= 0.6 is 11.6 Å². The molecule has 222 valence electrons. The van der Waals surface area contributed by atoms with Gasteiger partial charge in [-0.1, -0.05) is 47.0 Å². The van der Waals surface area contributed by atoms with Gasteiger partial charge in [-0.2, -0.15) is 10.2 Å². The second kappa shape index (κ2) is 11.2. The molecule has 3 heterocycles. The highest BCUT2D eigenvalue weighted by Gasteiger charge is 2.59. The van der Waals surface area contributed by atoms with Gasteiger partial charge in [0, 0.05) is 5.02 Å². The summed E-state index contributed by atoms with van der Waals surface area (Å²) in [6.07, 6.45) is 0. The zero-order chi connectivity index (χ0) is 31.3. The molecule has 0 bridgehead atoms. The lowest BCUT2D eigenvalue weighted by Gasteiger charge is -2.22. The third-order valence-corrected chi connectivity index (χ3v) is 8.01. The Morgan fingerprint density at radius 1 is 0.818 bits per heavy atom. The van der Waals surface area contributed by atoms with E-state index in [4.69, 9.17) is 16.3 Å². The van der Waals surface area contributed by atoms with E-state index in [0.29, 0.717) is 27.8 Å². The van der Waals surface area contributed by atoms with E-state index < -0.39 is 35.5 Å². The lowest BCUT2D eigenvalue weighted by atomic mass is 9.91. The fraction of sp³-hybridized carbons (Fsp3) is 0.212. The summed E-state index contributed by atoms with van der Waals surface area (Å²) in [5, 5.41) is 10.9. The molecule has 10 nitrogen and oxygen atoms in total. The molecule has 2 atom stereocenters. The molecule has 0 spiro atoms. The standard InChI is InChI=1S/C33H28ClN5O5/c1-5-44-33(43)28-25(20(4)38(36-28)23-14-8-19(3)9-15-23)30(40)27-26-29(39(35-27)24-16-10-21(34)11-17-24)32(42)37(31(26)41)22-12-6-18(2)7-13-22/h6-17,26,29H,5H2,1-4H3/t26-,29+/m0/s1. The van der Waals surface area contributed by atoms with E-state index in [0.717, 1.165) is 16.0 Å². The number of esters is 1. The largest absolute Gasteiger partial charge is 0.461 e. The number of nitrogens with zero attached hydrogens (tertiary/aromatic N) is 5. The first-order valence-electron chi connectivity index (χ1n) is 14.1. The molecule has 4 aromatic rings. The van der Waals surface area contributed by atoms with Crippen LogP contribution in [-0.2, 0) is 14.3 Å². The third kappa shape index (κ3) is 4.77. The van der Waals surface area contributed by atoms with E-state index in [-0.39, 0.29) is 23.6 Å². The Balaban J connectivity index is 1.50. The maximum atomic E-state index is 14.5. The van der Waals surface area contributed by atoms with Crippen molar-refractivity contribution in [1.29, 1.82) is 0 Å². The highest BCUT2D eigenvalue weighted by molar-refractivity contribution is 6.54. The van der Waals surface area contributed by atoms with E-state index in [9.17, 15) is 19.2 Å². The molecule has 2 aliphatic rings. The van der Waals surface area contributed by atoms with Crippen molar-refractivity contribution in [3.05, 3.63) is 106 Å². The van der Waals surface area contributed by atoms with Gasteiger partial charge in [-0.3, -0.25) is 19.4 Å². The van der Waals surface area contributed by atoms with Gasteiger partial charge in [0.05, 0.1) is 34.9 Å². The predicted octanol–water partition coefficient (Wildman–Crippen LogP) is 5.24. The molecule has 2 aliphatic heterocycles. The van der Waals surface area contributed by atoms with E-state index in [1.807, 2.05) is 38.1 Å². The Kier molecular flexibility index (Phi) is 7.38. The Morgan fingerprint density at radius 3 is 1.98 bits per heavy atom. The van der Waals surface area contributed by atoms with Crippen molar-refractivity contribution in [2.45, 2.75) is 33.7 Å². The van der Waals surface area contributed by atoms with Crippen LogP contribution in [0.5, 0.6) is 0 Å². The van der Waals surface area contributed by atoms with Crippen molar-refractivity contribution >= 4 is 52.3 Å². The predicted molar refractivity (Wildman–Crippen MR) is 166 cm³/mol. The minimum absolute atomic E-state index is 0.0477. The number of fused-ring (bicyclic) bond motifs is 1. The lowest BCUT2D eigenvalue weighted by molar-refractivity contribution is -0.121. The number of hydrazone groups is 1. The topological polar surface area (TPSA) is 114 Å². The van der Waals surface area contributed by atoms with E-state index in [2.05, 4.69) is 10.2 Å². The van der Waals surface area contributed by atoms with E-state index in [1.54, 1.807) is 62.4 Å². The molecular formula is C33H28ClN5O5. The smallest absolute Gasteiger partial charge is 0.359 e. The average molecular weight is 610 g/mol. The summed E-state index contributed by atoms with van der Waals surface area (Å²) in [4.78, 5) is 56.7. The van der Waals surface area contributed by atoms with Crippen LogP contribution in [0.1, 0.15) is 44.6 Å². The zero-order valence-electron chi connectivity index (χ0n) is 24.4. The monoisotopic (exact) mass is 609 g/mol. The van der Waals surface area contributed by atoms with Gasteiger partial charge < -0.3 is 4.74 Å². The van der Waals surface area contributed by atoms with Crippen LogP contribution in [-0.4, -0.2) is 51.7 Å². The van der Waals surface area contributed by atoms with Crippen molar-refractivity contribution in [2.75, 3.05) is 16.5 Å². The number of benzene rings is 3. The number of carbonyl (C=O) groups is 4. The summed E-state index contributed by atoms with van der Waals surface area (Å²) in [5.74, 6) is -3.83. The Morgan fingerprint density at radius 2 is 1.39 bits per heavy atom. The fourth-order valence-corrected chi connectivity index (χ4v) is 5.67. The Hall–Kier alpha value is -5.09. The van der Waals surface area contributed by atoms with E-state index in [1.165, 1.54) is 9.69 Å². The molecule has 1 aromatic heterocycles. The number of amides is 2. The molecular weight excluding hydrogens is 582 g/mol. The van der Waals surface area contributed by atoms with E-state index >= 15 is 0 Å². The maximum Gasteiger partial charge on any atom is 0.359 e. The zero-order valence-corrected chi connectivity index (χ0v) is 25.2. The summed E-state index contributed by atoms with van der Waals surface area (Å²) >= 11 is 6.12. The number of ketones is 1. The van der Waals surface area contributed by atoms with Crippen molar-refractivity contribution in [1.82, 2.24) is 9.78 Å². The van der Waals surface area contributed by atoms with Gasteiger partial charge in [-0.15, -0.1) is 0 Å². The average Bonchev–Trinajstić information content (AvgIpc) is 3.65. The van der Waals surface area contributed by atoms with Gasteiger partial charge in [0.25, 0.3) is 5.91 Å². The molecule has 1 fully saturated rings. The van der Waals surface area contributed by atoms with Gasteiger partial charge in [0.2, 0.25) is 11.7 Å². The highest BCUT2D eigenvalue weighted by Crippen LogP contribution is 2.39. The molecule has 0 aliphatic carbocycles. The third-order valence-electron chi connectivity index (χ3n) is 7.76. The number of Topliss-reactive ketones (excluding diaryl/α,β-unsaturated/α-hetero) is 1. The number of rotatable bonds is 7. The maximum absolute atomic E-state index is 14.5. The quantitative estimate of drug-likeness (QED) is 0.160. The number of halogens is 1. The van der Waals surface area contributed by atoms with Crippen LogP contribution in [0.2, 0.25) is 5.02 Å². The number of imide groups is 1. The number of hydrogen-bond acceptors (Lipinski definition) is 8. The molecule has 0 radical (unpaired) electrons. The second-order valence-electron chi connectivity index (χ2n) is 10.7. The van der Waals surface area contributed by atoms with Crippen molar-refractivity contribution in [3.63, 3.8) is 0 Å². The SMILES string of the molecule is CCOC(=O)c1nn(-c2ccc(C)cc2)c(C)c1C(=O)C1=NN(c2ccc(Cl)cc2)[C@H]2C(=O)N(c3ccc(C)cc3)C(=O)[C@@H]12. The van der Waals surface area contributed by atoms with Crippen molar-refractivity contribution in [2.24, 2.45) is 11.0 Å². The van der Waals surface area contributed by atoms with Gasteiger partial charge >= 0.3 is 5.97 Å². The highest BCUT2D eigenvalue weighted by atomic mass is 35.5.